The second-order valence-electron chi connectivity index (χ2n) is 8.45. The molecule has 0 N–H and O–H groups in total. The number of carbonyl (C=O) groups is 1. The molecule has 2 atom stereocenters. The summed E-state index contributed by atoms with van der Waals surface area (Å²) in [5, 5.41) is 1.98. The predicted molar refractivity (Wildman–Crippen MR) is 82.6 cm³/mol. The van der Waals surface area contributed by atoms with Crippen molar-refractivity contribution in [1.29, 1.82) is 0 Å². The highest BCUT2D eigenvalue weighted by Gasteiger charge is 2.50. The molecule has 0 aromatic rings. The van der Waals surface area contributed by atoms with E-state index in [1.54, 1.807) is 0 Å². The van der Waals surface area contributed by atoms with Gasteiger partial charge in [-0.1, -0.05) is 20.8 Å². The number of hydrogen-bond donors (Lipinski definition) is 0. The molecule has 3 rings (SSSR count). The van der Waals surface area contributed by atoms with Gasteiger partial charge >= 0.3 is 0 Å². The van der Waals surface area contributed by atoms with E-state index >= 15 is 0 Å². The Hall–Kier alpha value is -0.610. The lowest BCUT2D eigenvalue weighted by Crippen LogP contribution is -2.40. The average Bonchev–Trinajstić information content (AvgIpc) is 2.66. The van der Waals surface area contributed by atoms with Gasteiger partial charge in [-0.05, 0) is 42.9 Å². The van der Waals surface area contributed by atoms with Crippen molar-refractivity contribution in [2.45, 2.75) is 65.3 Å². The van der Waals surface area contributed by atoms with E-state index in [4.69, 9.17) is 4.84 Å². The van der Waals surface area contributed by atoms with E-state index in [-0.39, 0.29) is 0 Å². The van der Waals surface area contributed by atoms with Crippen LogP contribution in [-0.4, -0.2) is 48.2 Å². The summed E-state index contributed by atoms with van der Waals surface area (Å²) in [6.07, 6.45) is 6.54. The molecule has 1 amide bonds. The van der Waals surface area contributed by atoms with Crippen LogP contribution in [0, 0.1) is 10.8 Å². The summed E-state index contributed by atoms with van der Waals surface area (Å²) in [5.74, 6) is 0.329. The number of hydroxylamine groups is 2. The van der Waals surface area contributed by atoms with Gasteiger partial charge < -0.3 is 4.90 Å². The topological polar surface area (TPSA) is 32.8 Å². The molecule has 2 bridgehead atoms. The molecule has 4 heteroatoms. The van der Waals surface area contributed by atoms with Gasteiger partial charge in [0.25, 0.3) is 0 Å². The maximum absolute atomic E-state index is 12.6. The van der Waals surface area contributed by atoms with E-state index < -0.39 is 0 Å². The normalized spacial score (nSPS) is 36.0. The van der Waals surface area contributed by atoms with Crippen LogP contribution < -0.4 is 0 Å². The number of amides is 1. The summed E-state index contributed by atoms with van der Waals surface area (Å²) in [6.45, 7) is 10.6. The highest BCUT2D eigenvalue weighted by molar-refractivity contribution is 5.77. The maximum atomic E-state index is 12.6. The lowest BCUT2D eigenvalue weighted by atomic mass is 9.65. The van der Waals surface area contributed by atoms with E-state index in [9.17, 15) is 4.79 Å². The van der Waals surface area contributed by atoms with Crippen molar-refractivity contribution < 1.29 is 9.63 Å². The number of carbonyl (C=O) groups excluding carboxylic acids is 1. The van der Waals surface area contributed by atoms with Crippen LogP contribution in [0.4, 0.5) is 0 Å². The number of rotatable bonds is 3. The van der Waals surface area contributed by atoms with Crippen molar-refractivity contribution in [3.63, 3.8) is 0 Å². The molecule has 120 valence electrons. The van der Waals surface area contributed by atoms with Crippen LogP contribution in [0.3, 0.4) is 0 Å². The Bertz CT molecular complexity index is 404. The molecule has 0 aromatic heterocycles. The fourth-order valence-electron chi connectivity index (χ4n) is 4.94. The van der Waals surface area contributed by atoms with Crippen LogP contribution in [0.1, 0.15) is 59.3 Å². The lowest BCUT2D eigenvalue weighted by Gasteiger charge is -2.39. The lowest BCUT2D eigenvalue weighted by molar-refractivity contribution is -0.182. The van der Waals surface area contributed by atoms with E-state index in [0.717, 1.165) is 39.1 Å². The quantitative estimate of drug-likeness (QED) is 0.802. The summed E-state index contributed by atoms with van der Waals surface area (Å²) in [7, 11) is 0. The van der Waals surface area contributed by atoms with Gasteiger partial charge in [-0.15, -0.1) is 0 Å². The van der Waals surface area contributed by atoms with Gasteiger partial charge in [0, 0.05) is 32.1 Å². The SMILES string of the molecule is CC1(C)C[C@@H]2C[C@@](C)(CN2C(=O)CCN2CCCCO2)C1. The van der Waals surface area contributed by atoms with Crippen LogP contribution in [0.15, 0.2) is 0 Å². The van der Waals surface area contributed by atoms with Gasteiger partial charge in [-0.2, -0.15) is 5.06 Å². The van der Waals surface area contributed by atoms with Gasteiger partial charge in [0.2, 0.25) is 5.91 Å². The first-order valence-corrected chi connectivity index (χ1v) is 8.54. The standard InChI is InChI=1S/C17H30N2O2/c1-16(2)10-14-11-17(3,12-16)13-19(14)15(20)6-8-18-7-4-5-9-21-18/h14H,4-13H2,1-3H3/t14-,17-/m1/s1. The minimum atomic E-state index is 0.329. The van der Waals surface area contributed by atoms with Gasteiger partial charge in [0.05, 0.1) is 6.61 Å². The molecule has 0 radical (unpaired) electrons. The first kappa shape index (κ1) is 15.3. The average molecular weight is 294 g/mol. The van der Waals surface area contributed by atoms with Gasteiger partial charge in [0.15, 0.2) is 0 Å². The summed E-state index contributed by atoms with van der Waals surface area (Å²) in [6, 6.07) is 0.466. The molecule has 2 aliphatic heterocycles. The Morgan fingerprint density at radius 3 is 2.76 bits per heavy atom. The van der Waals surface area contributed by atoms with Crippen molar-refractivity contribution in [1.82, 2.24) is 9.96 Å². The summed E-state index contributed by atoms with van der Waals surface area (Å²) in [4.78, 5) is 20.4. The Balaban J connectivity index is 1.56. The Morgan fingerprint density at radius 2 is 2.05 bits per heavy atom. The monoisotopic (exact) mass is 294 g/mol. The molecule has 2 saturated heterocycles. The second kappa shape index (κ2) is 5.54. The molecule has 1 aliphatic carbocycles. The number of nitrogens with zero attached hydrogens (tertiary/aromatic N) is 2. The van der Waals surface area contributed by atoms with Gasteiger partial charge in [-0.3, -0.25) is 9.63 Å². The van der Waals surface area contributed by atoms with Crippen LogP contribution in [0.2, 0.25) is 0 Å². The zero-order valence-corrected chi connectivity index (χ0v) is 13.9. The van der Waals surface area contributed by atoms with Crippen molar-refractivity contribution in [3.05, 3.63) is 0 Å². The molecule has 21 heavy (non-hydrogen) atoms. The van der Waals surface area contributed by atoms with Gasteiger partial charge in [-0.25, -0.2) is 0 Å². The highest BCUT2D eigenvalue weighted by Crippen LogP contribution is 2.52. The van der Waals surface area contributed by atoms with Crippen LogP contribution in [0.5, 0.6) is 0 Å². The van der Waals surface area contributed by atoms with Gasteiger partial charge in [0.1, 0.15) is 0 Å². The Kier molecular flexibility index (Phi) is 4.04. The molecule has 1 saturated carbocycles. The zero-order chi connectivity index (χ0) is 15.1. The van der Waals surface area contributed by atoms with Crippen LogP contribution in [-0.2, 0) is 9.63 Å². The van der Waals surface area contributed by atoms with Crippen molar-refractivity contribution in [2.24, 2.45) is 10.8 Å². The second-order valence-corrected chi connectivity index (χ2v) is 8.45. The van der Waals surface area contributed by atoms with Crippen molar-refractivity contribution in [3.8, 4) is 0 Å². The third-order valence-corrected chi connectivity index (χ3v) is 5.39. The smallest absolute Gasteiger partial charge is 0.224 e. The third kappa shape index (κ3) is 3.42. The number of fused-ring (bicyclic) bond motifs is 2. The zero-order valence-electron chi connectivity index (χ0n) is 13.9. The third-order valence-electron chi connectivity index (χ3n) is 5.39. The van der Waals surface area contributed by atoms with Crippen molar-refractivity contribution in [2.75, 3.05) is 26.2 Å². The van der Waals surface area contributed by atoms with E-state index in [1.807, 2.05) is 5.06 Å². The van der Waals surface area contributed by atoms with E-state index in [1.165, 1.54) is 19.3 Å². The predicted octanol–water partition coefficient (Wildman–Crippen LogP) is 2.83. The molecular weight excluding hydrogens is 264 g/mol. The fraction of sp³-hybridized carbons (Fsp3) is 0.941. The molecule has 4 nitrogen and oxygen atoms in total. The molecule has 2 heterocycles. The molecule has 3 aliphatic rings. The first-order chi connectivity index (χ1) is 9.87. The van der Waals surface area contributed by atoms with Crippen molar-refractivity contribution >= 4 is 5.91 Å². The number of likely N-dealkylation sites (tertiary alicyclic amines) is 1. The highest BCUT2D eigenvalue weighted by atomic mass is 16.7. The maximum Gasteiger partial charge on any atom is 0.224 e. The minimum absolute atomic E-state index is 0.329. The summed E-state index contributed by atoms with van der Waals surface area (Å²) < 4.78 is 0. The molecular formula is C17H30N2O2. The van der Waals surface area contributed by atoms with E-state index in [0.29, 0.717) is 29.2 Å². The molecule has 0 spiro atoms. The summed E-state index contributed by atoms with van der Waals surface area (Å²) in [5.41, 5.74) is 0.715. The van der Waals surface area contributed by atoms with Crippen LogP contribution >= 0.6 is 0 Å². The largest absolute Gasteiger partial charge is 0.339 e. The van der Waals surface area contributed by atoms with E-state index in [2.05, 4.69) is 25.7 Å². The minimum Gasteiger partial charge on any atom is -0.339 e. The number of hydrogen-bond acceptors (Lipinski definition) is 3. The molecule has 3 fully saturated rings. The van der Waals surface area contributed by atoms with Crippen LogP contribution in [0.25, 0.3) is 0 Å². The Labute approximate surface area is 128 Å². The fourth-order valence-corrected chi connectivity index (χ4v) is 4.94. The summed E-state index contributed by atoms with van der Waals surface area (Å²) >= 11 is 0. The molecule has 0 unspecified atom stereocenters. The Morgan fingerprint density at radius 1 is 1.24 bits per heavy atom. The molecule has 0 aromatic carbocycles. The first-order valence-electron chi connectivity index (χ1n) is 8.54.